The third-order valence-corrected chi connectivity index (χ3v) is 4.00. The van der Waals surface area contributed by atoms with Crippen molar-refractivity contribution in [3.05, 3.63) is 29.8 Å². The van der Waals surface area contributed by atoms with Crippen molar-refractivity contribution in [2.24, 2.45) is 0 Å². The maximum atomic E-state index is 11.8. The zero-order chi connectivity index (χ0) is 15.2. The number of benzene rings is 1. The van der Waals surface area contributed by atoms with Crippen LogP contribution in [0.3, 0.4) is 0 Å². The number of anilines is 1. The quantitative estimate of drug-likeness (QED) is 0.861. The molecule has 112 valence electrons. The summed E-state index contributed by atoms with van der Waals surface area (Å²) in [6.07, 6.45) is 1.45. The molecule has 6 nitrogen and oxygen atoms in total. The molecule has 0 saturated carbocycles. The van der Waals surface area contributed by atoms with Crippen LogP contribution in [0, 0.1) is 0 Å². The van der Waals surface area contributed by atoms with Crippen molar-refractivity contribution in [1.29, 1.82) is 0 Å². The second-order valence-electron chi connectivity index (χ2n) is 4.27. The van der Waals surface area contributed by atoms with E-state index in [0.717, 1.165) is 18.2 Å². The van der Waals surface area contributed by atoms with Gasteiger partial charge in [0.05, 0.1) is 25.6 Å². The third-order valence-electron chi connectivity index (χ3n) is 2.80. The number of hydrogen-bond acceptors (Lipinski definition) is 4. The van der Waals surface area contributed by atoms with Crippen LogP contribution >= 0.6 is 0 Å². The van der Waals surface area contributed by atoms with Crippen LogP contribution in [0.4, 0.5) is 10.5 Å². The number of alkyl carbamates (subject to hydrolysis) is 1. The second-order valence-corrected chi connectivity index (χ2v) is 6.18. The lowest BCUT2D eigenvalue weighted by atomic mass is 10.1. The topological polar surface area (TPSA) is 75.7 Å². The normalized spacial score (nSPS) is 10.9. The Balaban J connectivity index is 2.81. The van der Waals surface area contributed by atoms with Gasteiger partial charge in [0.2, 0.25) is 10.0 Å². The van der Waals surface area contributed by atoms with E-state index in [9.17, 15) is 13.2 Å². The molecule has 0 radical (unpaired) electrons. The molecule has 1 rings (SSSR count). The molecule has 1 aromatic rings. The highest BCUT2D eigenvalue weighted by molar-refractivity contribution is 7.92. The van der Waals surface area contributed by atoms with Gasteiger partial charge in [0.25, 0.3) is 0 Å². The van der Waals surface area contributed by atoms with Gasteiger partial charge in [-0.2, -0.15) is 0 Å². The SMILES string of the molecule is CCc1ccc(N(CCNC(=O)OC)S(C)(=O)=O)cc1. The van der Waals surface area contributed by atoms with Crippen LogP contribution in [0.2, 0.25) is 0 Å². The Hall–Kier alpha value is -1.76. The summed E-state index contributed by atoms with van der Waals surface area (Å²) in [5.74, 6) is 0. The van der Waals surface area contributed by atoms with Crippen molar-refractivity contribution in [3.8, 4) is 0 Å². The van der Waals surface area contributed by atoms with Crippen LogP contribution in [-0.4, -0.2) is 41.0 Å². The zero-order valence-corrected chi connectivity index (χ0v) is 12.7. The fraction of sp³-hybridized carbons (Fsp3) is 0.462. The number of nitrogens with one attached hydrogen (secondary N) is 1. The molecule has 0 aliphatic heterocycles. The highest BCUT2D eigenvalue weighted by atomic mass is 32.2. The van der Waals surface area contributed by atoms with Crippen molar-refractivity contribution >= 4 is 21.8 Å². The Morgan fingerprint density at radius 2 is 1.90 bits per heavy atom. The Morgan fingerprint density at radius 3 is 2.35 bits per heavy atom. The predicted octanol–water partition coefficient (Wildman–Crippen LogP) is 1.37. The summed E-state index contributed by atoms with van der Waals surface area (Å²) < 4.78 is 29.3. The number of carbonyl (C=O) groups excluding carboxylic acids is 1. The number of aryl methyl sites for hydroxylation is 1. The van der Waals surface area contributed by atoms with Gasteiger partial charge in [-0.3, -0.25) is 4.31 Å². The van der Waals surface area contributed by atoms with Gasteiger partial charge in [0, 0.05) is 6.54 Å². The standard InChI is InChI=1S/C13H20N2O4S/c1-4-11-5-7-12(8-6-11)15(20(3,17)18)10-9-14-13(16)19-2/h5-8H,4,9-10H2,1-3H3,(H,14,16). The van der Waals surface area contributed by atoms with E-state index in [1.165, 1.54) is 11.4 Å². The van der Waals surface area contributed by atoms with Crippen LogP contribution in [0.25, 0.3) is 0 Å². The van der Waals surface area contributed by atoms with Crippen molar-refractivity contribution in [3.63, 3.8) is 0 Å². The van der Waals surface area contributed by atoms with Gasteiger partial charge in [-0.25, -0.2) is 13.2 Å². The summed E-state index contributed by atoms with van der Waals surface area (Å²) in [5.41, 5.74) is 1.71. The second kappa shape index (κ2) is 7.14. The van der Waals surface area contributed by atoms with Crippen molar-refractivity contribution < 1.29 is 17.9 Å². The summed E-state index contributed by atoms with van der Waals surface area (Å²) in [4.78, 5) is 11.0. The molecule has 1 N–H and O–H groups in total. The minimum Gasteiger partial charge on any atom is -0.453 e. The number of sulfonamides is 1. The molecule has 0 atom stereocenters. The maximum absolute atomic E-state index is 11.8. The highest BCUT2D eigenvalue weighted by Gasteiger charge is 2.17. The summed E-state index contributed by atoms with van der Waals surface area (Å²) in [5, 5.41) is 2.46. The lowest BCUT2D eigenvalue weighted by Gasteiger charge is -2.22. The Kier molecular flexibility index (Phi) is 5.82. The van der Waals surface area contributed by atoms with Gasteiger partial charge in [-0.1, -0.05) is 19.1 Å². The molecule has 0 aromatic heterocycles. The Labute approximate surface area is 119 Å². The summed E-state index contributed by atoms with van der Waals surface area (Å²) in [7, 11) is -2.14. The molecule has 0 unspecified atom stereocenters. The fourth-order valence-electron chi connectivity index (χ4n) is 1.72. The van der Waals surface area contributed by atoms with Crippen LogP contribution < -0.4 is 9.62 Å². The lowest BCUT2D eigenvalue weighted by molar-refractivity contribution is 0.171. The van der Waals surface area contributed by atoms with E-state index in [1.807, 2.05) is 19.1 Å². The van der Waals surface area contributed by atoms with E-state index in [0.29, 0.717) is 5.69 Å². The van der Waals surface area contributed by atoms with E-state index in [-0.39, 0.29) is 13.1 Å². The molecule has 0 saturated heterocycles. The summed E-state index contributed by atoms with van der Waals surface area (Å²) in [6, 6.07) is 7.30. The van der Waals surface area contributed by atoms with Crippen molar-refractivity contribution in [2.45, 2.75) is 13.3 Å². The molecule has 0 bridgehead atoms. The number of nitrogens with zero attached hydrogens (tertiary/aromatic N) is 1. The van der Waals surface area contributed by atoms with E-state index >= 15 is 0 Å². The monoisotopic (exact) mass is 300 g/mol. The van der Waals surface area contributed by atoms with Gasteiger partial charge < -0.3 is 10.1 Å². The lowest BCUT2D eigenvalue weighted by Crippen LogP contribution is -2.38. The summed E-state index contributed by atoms with van der Waals surface area (Å²) in [6.45, 7) is 2.36. The van der Waals surface area contributed by atoms with Gasteiger partial charge in [0.1, 0.15) is 0 Å². The zero-order valence-electron chi connectivity index (χ0n) is 11.9. The number of carbonyl (C=O) groups is 1. The Morgan fingerprint density at radius 1 is 1.30 bits per heavy atom. The first kappa shape index (κ1) is 16.3. The molecular weight excluding hydrogens is 280 g/mol. The predicted molar refractivity (Wildman–Crippen MR) is 78.4 cm³/mol. The molecule has 7 heteroatoms. The molecule has 1 aromatic carbocycles. The average molecular weight is 300 g/mol. The number of ether oxygens (including phenoxy) is 1. The van der Waals surface area contributed by atoms with Crippen LogP contribution in [0.15, 0.2) is 24.3 Å². The minimum absolute atomic E-state index is 0.152. The number of hydrogen-bond donors (Lipinski definition) is 1. The highest BCUT2D eigenvalue weighted by Crippen LogP contribution is 2.18. The van der Waals surface area contributed by atoms with Crippen molar-refractivity contribution in [2.75, 3.05) is 30.8 Å². The van der Waals surface area contributed by atoms with Crippen LogP contribution in [-0.2, 0) is 21.2 Å². The first-order chi connectivity index (χ1) is 9.38. The number of rotatable bonds is 6. The largest absolute Gasteiger partial charge is 0.453 e. The summed E-state index contributed by atoms with van der Waals surface area (Å²) >= 11 is 0. The number of amides is 1. The smallest absolute Gasteiger partial charge is 0.406 e. The third kappa shape index (κ3) is 4.73. The van der Waals surface area contributed by atoms with Crippen LogP contribution in [0.1, 0.15) is 12.5 Å². The van der Waals surface area contributed by atoms with E-state index in [1.54, 1.807) is 12.1 Å². The Bertz CT molecular complexity index is 540. The molecular formula is C13H20N2O4S. The van der Waals surface area contributed by atoms with E-state index in [2.05, 4.69) is 10.1 Å². The van der Waals surface area contributed by atoms with E-state index in [4.69, 9.17) is 0 Å². The molecule has 1 amide bonds. The van der Waals surface area contributed by atoms with E-state index < -0.39 is 16.1 Å². The van der Waals surface area contributed by atoms with Gasteiger partial charge in [-0.05, 0) is 24.1 Å². The molecule has 0 aliphatic rings. The minimum atomic E-state index is -3.40. The van der Waals surface area contributed by atoms with Gasteiger partial charge in [0.15, 0.2) is 0 Å². The first-order valence-electron chi connectivity index (χ1n) is 6.27. The van der Waals surface area contributed by atoms with Gasteiger partial charge >= 0.3 is 6.09 Å². The van der Waals surface area contributed by atoms with Gasteiger partial charge in [-0.15, -0.1) is 0 Å². The molecule has 20 heavy (non-hydrogen) atoms. The molecule has 0 spiro atoms. The van der Waals surface area contributed by atoms with Crippen LogP contribution in [0.5, 0.6) is 0 Å². The molecule has 0 heterocycles. The fourth-order valence-corrected chi connectivity index (χ4v) is 2.64. The molecule has 0 aliphatic carbocycles. The average Bonchev–Trinajstić information content (AvgIpc) is 2.42. The molecule has 0 fully saturated rings. The maximum Gasteiger partial charge on any atom is 0.406 e. The van der Waals surface area contributed by atoms with Crippen molar-refractivity contribution in [1.82, 2.24) is 5.32 Å². The first-order valence-corrected chi connectivity index (χ1v) is 8.11. The number of methoxy groups -OCH3 is 1.